The van der Waals surface area contributed by atoms with Crippen molar-refractivity contribution >= 4 is 17.5 Å². The van der Waals surface area contributed by atoms with Crippen LogP contribution in [0, 0.1) is 6.92 Å². The highest BCUT2D eigenvalue weighted by atomic mass is 35.5. The first kappa shape index (κ1) is 8.51. The van der Waals surface area contributed by atoms with Gasteiger partial charge in [0.25, 0.3) is 5.91 Å². The van der Waals surface area contributed by atoms with Crippen LogP contribution in [0.4, 0.5) is 0 Å². The lowest BCUT2D eigenvalue weighted by Crippen LogP contribution is -2.18. The van der Waals surface area contributed by atoms with Gasteiger partial charge in [0.2, 0.25) is 0 Å². The quantitative estimate of drug-likeness (QED) is 0.591. The summed E-state index contributed by atoms with van der Waals surface area (Å²) in [6, 6.07) is 1.92. The number of aromatic nitrogens is 1. The van der Waals surface area contributed by atoms with Gasteiger partial charge >= 0.3 is 0 Å². The molecule has 0 unspecified atom stereocenters. The number of hydrogen-bond donors (Lipinski definition) is 0. The molecule has 4 heteroatoms. The maximum Gasteiger partial charge on any atom is 0.272 e. The van der Waals surface area contributed by atoms with E-state index in [1.807, 2.05) is 13.0 Å². The summed E-state index contributed by atoms with van der Waals surface area (Å²) >= 11 is 5.82. The van der Waals surface area contributed by atoms with Crippen molar-refractivity contribution in [2.45, 2.75) is 13.5 Å². The first-order valence-electron chi connectivity index (χ1n) is 4.01. The summed E-state index contributed by atoms with van der Waals surface area (Å²) in [5.41, 5.74) is 2.39. The van der Waals surface area contributed by atoms with Crippen LogP contribution in [-0.4, -0.2) is 22.8 Å². The minimum atomic E-state index is -0.0445. The zero-order valence-corrected chi connectivity index (χ0v) is 8.22. The van der Waals surface area contributed by atoms with Crippen LogP contribution in [0.5, 0.6) is 0 Å². The monoisotopic (exact) mass is 196 g/mol. The molecule has 0 spiro atoms. The van der Waals surface area contributed by atoms with Crippen molar-refractivity contribution < 1.29 is 4.79 Å². The third-order valence-corrected chi connectivity index (χ3v) is 2.57. The molecule has 0 aromatic carbocycles. The van der Waals surface area contributed by atoms with Gasteiger partial charge in [0.1, 0.15) is 10.8 Å². The third kappa shape index (κ3) is 1.20. The number of aryl methyl sites for hydroxylation is 1. The van der Waals surface area contributed by atoms with E-state index in [0.717, 1.165) is 11.1 Å². The van der Waals surface area contributed by atoms with Gasteiger partial charge in [-0.3, -0.25) is 4.79 Å². The smallest absolute Gasteiger partial charge is 0.272 e. The van der Waals surface area contributed by atoms with E-state index in [4.69, 9.17) is 11.6 Å². The average Bonchev–Trinajstić information content (AvgIpc) is 2.32. The molecule has 0 saturated heterocycles. The zero-order valence-electron chi connectivity index (χ0n) is 7.47. The molecule has 0 N–H and O–H groups in total. The normalized spacial score (nSPS) is 15.0. The molecule has 2 rings (SSSR count). The Morgan fingerprint density at radius 3 is 3.00 bits per heavy atom. The molecule has 1 aliphatic heterocycles. The molecule has 0 saturated carbocycles. The number of carbonyl (C=O) groups is 1. The molecule has 0 bridgehead atoms. The number of nitrogens with zero attached hydrogens (tertiary/aromatic N) is 2. The minimum Gasteiger partial charge on any atom is -0.336 e. The Hall–Kier alpha value is -1.09. The molecule has 1 aliphatic rings. The SMILES string of the molecule is Cc1cc2c(nc1Cl)C(=O)N(C)C2. The van der Waals surface area contributed by atoms with E-state index in [0.29, 0.717) is 17.4 Å². The highest BCUT2D eigenvalue weighted by molar-refractivity contribution is 6.30. The Morgan fingerprint density at radius 2 is 2.31 bits per heavy atom. The fourth-order valence-corrected chi connectivity index (χ4v) is 1.60. The topological polar surface area (TPSA) is 33.2 Å². The van der Waals surface area contributed by atoms with Crippen LogP contribution < -0.4 is 0 Å². The van der Waals surface area contributed by atoms with Gasteiger partial charge in [-0.05, 0) is 18.6 Å². The van der Waals surface area contributed by atoms with Crippen LogP contribution in [0.1, 0.15) is 21.6 Å². The molecule has 1 amide bonds. The molecule has 0 radical (unpaired) electrons. The number of carbonyl (C=O) groups excluding carboxylic acids is 1. The van der Waals surface area contributed by atoms with E-state index in [2.05, 4.69) is 4.98 Å². The van der Waals surface area contributed by atoms with Crippen LogP contribution >= 0.6 is 11.6 Å². The van der Waals surface area contributed by atoms with Crippen molar-refractivity contribution in [3.8, 4) is 0 Å². The number of rotatable bonds is 0. The van der Waals surface area contributed by atoms with Crippen molar-refractivity contribution in [3.63, 3.8) is 0 Å². The molecule has 68 valence electrons. The lowest BCUT2D eigenvalue weighted by Gasteiger charge is -2.03. The van der Waals surface area contributed by atoms with E-state index in [1.165, 1.54) is 0 Å². The summed E-state index contributed by atoms with van der Waals surface area (Å²) in [6.45, 7) is 2.53. The Bertz CT molecular complexity index is 389. The van der Waals surface area contributed by atoms with Crippen LogP contribution in [0.3, 0.4) is 0 Å². The maximum absolute atomic E-state index is 11.5. The van der Waals surface area contributed by atoms with E-state index in [9.17, 15) is 4.79 Å². The molecule has 0 atom stereocenters. The fourth-order valence-electron chi connectivity index (χ4n) is 1.46. The molecule has 0 fully saturated rings. The number of fused-ring (bicyclic) bond motifs is 1. The molecule has 13 heavy (non-hydrogen) atoms. The van der Waals surface area contributed by atoms with Gasteiger partial charge in [-0.1, -0.05) is 11.6 Å². The number of halogens is 1. The first-order valence-corrected chi connectivity index (χ1v) is 4.39. The summed E-state index contributed by atoms with van der Waals surface area (Å²) in [5, 5.41) is 0.419. The van der Waals surface area contributed by atoms with Gasteiger partial charge in [-0.2, -0.15) is 0 Å². The fraction of sp³-hybridized carbons (Fsp3) is 0.333. The molecule has 1 aromatic rings. The predicted octanol–water partition coefficient (Wildman–Crippen LogP) is 1.63. The highest BCUT2D eigenvalue weighted by Gasteiger charge is 2.26. The molecular formula is C9H9ClN2O. The molecule has 1 aromatic heterocycles. The minimum absolute atomic E-state index is 0.0445. The summed E-state index contributed by atoms with van der Waals surface area (Å²) in [7, 11) is 1.76. The van der Waals surface area contributed by atoms with Crippen molar-refractivity contribution in [2.75, 3.05) is 7.05 Å². The predicted molar refractivity (Wildman–Crippen MR) is 49.8 cm³/mol. The number of pyridine rings is 1. The maximum atomic E-state index is 11.5. The molecule has 0 aliphatic carbocycles. The number of hydrogen-bond acceptors (Lipinski definition) is 2. The van der Waals surface area contributed by atoms with Gasteiger partial charge in [0, 0.05) is 19.2 Å². The third-order valence-electron chi connectivity index (χ3n) is 2.19. The zero-order chi connectivity index (χ0) is 9.59. The van der Waals surface area contributed by atoms with E-state index >= 15 is 0 Å². The van der Waals surface area contributed by atoms with Gasteiger partial charge in [0.15, 0.2) is 0 Å². The second-order valence-corrected chi connectivity index (χ2v) is 3.62. The molecule has 3 nitrogen and oxygen atoms in total. The van der Waals surface area contributed by atoms with Crippen LogP contribution in [0.25, 0.3) is 0 Å². The van der Waals surface area contributed by atoms with Crippen molar-refractivity contribution in [1.82, 2.24) is 9.88 Å². The number of amides is 1. The van der Waals surface area contributed by atoms with Crippen molar-refractivity contribution in [3.05, 3.63) is 28.0 Å². The Morgan fingerprint density at radius 1 is 1.62 bits per heavy atom. The summed E-state index contributed by atoms with van der Waals surface area (Å²) < 4.78 is 0. The van der Waals surface area contributed by atoms with Gasteiger partial charge in [0.05, 0.1) is 0 Å². The van der Waals surface area contributed by atoms with E-state index in [1.54, 1.807) is 11.9 Å². The molecular weight excluding hydrogens is 188 g/mol. The standard InChI is InChI=1S/C9H9ClN2O/c1-5-3-6-4-12(2)9(13)7(6)11-8(5)10/h3H,4H2,1-2H3. The Balaban J connectivity index is 2.59. The lowest BCUT2D eigenvalue weighted by molar-refractivity contribution is 0.0812. The van der Waals surface area contributed by atoms with Crippen LogP contribution in [0.15, 0.2) is 6.07 Å². The van der Waals surface area contributed by atoms with Gasteiger partial charge in [-0.15, -0.1) is 0 Å². The van der Waals surface area contributed by atoms with E-state index < -0.39 is 0 Å². The van der Waals surface area contributed by atoms with Crippen molar-refractivity contribution in [1.29, 1.82) is 0 Å². The largest absolute Gasteiger partial charge is 0.336 e. The second kappa shape index (κ2) is 2.70. The highest BCUT2D eigenvalue weighted by Crippen LogP contribution is 2.23. The van der Waals surface area contributed by atoms with E-state index in [-0.39, 0.29) is 5.91 Å². The van der Waals surface area contributed by atoms with Crippen LogP contribution in [-0.2, 0) is 6.54 Å². The summed E-state index contributed by atoms with van der Waals surface area (Å²) in [6.07, 6.45) is 0. The summed E-state index contributed by atoms with van der Waals surface area (Å²) in [5.74, 6) is -0.0445. The second-order valence-electron chi connectivity index (χ2n) is 3.27. The Labute approximate surface area is 81.3 Å². The van der Waals surface area contributed by atoms with Gasteiger partial charge < -0.3 is 4.90 Å². The average molecular weight is 197 g/mol. The van der Waals surface area contributed by atoms with Gasteiger partial charge in [-0.25, -0.2) is 4.98 Å². The van der Waals surface area contributed by atoms with Crippen molar-refractivity contribution in [2.24, 2.45) is 0 Å². The lowest BCUT2D eigenvalue weighted by atomic mass is 10.2. The first-order chi connectivity index (χ1) is 6.09. The summed E-state index contributed by atoms with van der Waals surface area (Å²) in [4.78, 5) is 17.2. The molecule has 2 heterocycles. The Kier molecular flexibility index (Phi) is 1.77. The van der Waals surface area contributed by atoms with Crippen LogP contribution in [0.2, 0.25) is 5.15 Å².